The first-order chi connectivity index (χ1) is 12.0. The molecule has 3 rings (SSSR count). The number of benzene rings is 1. The van der Waals surface area contributed by atoms with Crippen LogP contribution in [0, 0.1) is 5.92 Å². The first-order valence-electron chi connectivity index (χ1n) is 8.14. The number of piperidine rings is 1. The van der Waals surface area contributed by atoms with Crippen molar-refractivity contribution in [2.24, 2.45) is 13.0 Å². The number of hydrogen-bond donors (Lipinski definition) is 1. The molecule has 0 saturated carbocycles. The van der Waals surface area contributed by atoms with Crippen LogP contribution in [0.4, 0.5) is 0 Å². The van der Waals surface area contributed by atoms with Crippen molar-refractivity contribution < 1.29 is 19.4 Å². The molecule has 25 heavy (non-hydrogen) atoms. The number of aliphatic carboxylic acids is 1. The first-order valence-corrected chi connectivity index (χ1v) is 8.14. The van der Waals surface area contributed by atoms with Crippen LogP contribution in [-0.2, 0) is 23.2 Å². The van der Waals surface area contributed by atoms with Gasteiger partial charge in [0.15, 0.2) is 0 Å². The fourth-order valence-electron chi connectivity index (χ4n) is 3.34. The van der Waals surface area contributed by atoms with Crippen molar-refractivity contribution in [2.75, 3.05) is 7.11 Å². The molecule has 2 aromatic rings. The number of aromatic nitrogens is 2. The lowest BCUT2D eigenvalue weighted by Crippen LogP contribution is -2.45. The molecule has 0 aliphatic carbocycles. The van der Waals surface area contributed by atoms with Crippen LogP contribution in [0.5, 0.6) is 5.75 Å². The van der Waals surface area contributed by atoms with Crippen molar-refractivity contribution >= 4 is 11.9 Å². The van der Waals surface area contributed by atoms with Crippen molar-refractivity contribution in [1.82, 2.24) is 14.7 Å². The average Bonchev–Trinajstić information content (AvgIpc) is 3.01. The largest absolute Gasteiger partial charge is 0.497 e. The van der Waals surface area contributed by atoms with E-state index in [2.05, 4.69) is 5.10 Å². The normalized spacial score (nSPS) is 20.6. The summed E-state index contributed by atoms with van der Waals surface area (Å²) in [5.41, 5.74) is 1.65. The number of aryl methyl sites for hydroxylation is 1. The zero-order valence-corrected chi connectivity index (χ0v) is 14.3. The molecule has 2 heterocycles. The molecule has 1 N–H and O–H groups in total. The number of carboxylic acids is 1. The summed E-state index contributed by atoms with van der Waals surface area (Å²) in [6.07, 6.45) is 2.25. The molecule has 1 aromatic heterocycles. The highest BCUT2D eigenvalue weighted by atomic mass is 16.5. The number of likely N-dealkylation sites (tertiary alicyclic amines) is 1. The molecule has 1 aromatic carbocycles. The highest BCUT2D eigenvalue weighted by molar-refractivity contribution is 5.81. The van der Waals surface area contributed by atoms with E-state index >= 15 is 0 Å². The van der Waals surface area contributed by atoms with Gasteiger partial charge >= 0.3 is 5.97 Å². The highest BCUT2D eigenvalue weighted by Crippen LogP contribution is 2.38. The summed E-state index contributed by atoms with van der Waals surface area (Å²) >= 11 is 0. The minimum Gasteiger partial charge on any atom is -0.497 e. The third kappa shape index (κ3) is 3.35. The molecular weight excluding hydrogens is 322 g/mol. The summed E-state index contributed by atoms with van der Waals surface area (Å²) in [4.78, 5) is 26.0. The van der Waals surface area contributed by atoms with Crippen molar-refractivity contribution in [2.45, 2.75) is 25.4 Å². The van der Waals surface area contributed by atoms with Gasteiger partial charge in [-0.15, -0.1) is 0 Å². The Balaban J connectivity index is 1.99. The van der Waals surface area contributed by atoms with Crippen LogP contribution >= 0.6 is 0 Å². The van der Waals surface area contributed by atoms with E-state index in [-0.39, 0.29) is 12.3 Å². The SMILES string of the molecule is COc1ccc([C@H]2[C@H](C(=O)O)CCC(=O)N2Cc2ccnn2C)cc1. The van der Waals surface area contributed by atoms with E-state index in [0.29, 0.717) is 18.7 Å². The number of hydrogen-bond acceptors (Lipinski definition) is 4. The Labute approximate surface area is 145 Å². The number of carbonyl (C=O) groups excluding carboxylic acids is 1. The van der Waals surface area contributed by atoms with E-state index in [1.54, 1.807) is 42.1 Å². The summed E-state index contributed by atoms with van der Waals surface area (Å²) in [5, 5.41) is 13.8. The van der Waals surface area contributed by atoms with Gasteiger partial charge in [0, 0.05) is 19.7 Å². The lowest BCUT2D eigenvalue weighted by atomic mass is 9.84. The predicted octanol–water partition coefficient (Wildman–Crippen LogP) is 1.99. The molecule has 1 saturated heterocycles. The summed E-state index contributed by atoms with van der Waals surface area (Å²) in [5.74, 6) is -0.877. The highest BCUT2D eigenvalue weighted by Gasteiger charge is 2.40. The van der Waals surface area contributed by atoms with E-state index in [1.807, 2.05) is 18.2 Å². The molecule has 1 fully saturated rings. The lowest BCUT2D eigenvalue weighted by Gasteiger charge is -2.39. The van der Waals surface area contributed by atoms with Crippen LogP contribution in [0.15, 0.2) is 36.5 Å². The number of carboxylic acid groups (broad SMARTS) is 1. The van der Waals surface area contributed by atoms with E-state index in [9.17, 15) is 14.7 Å². The molecule has 2 atom stereocenters. The molecule has 0 radical (unpaired) electrons. The van der Waals surface area contributed by atoms with Crippen molar-refractivity contribution in [3.05, 3.63) is 47.8 Å². The molecule has 0 unspecified atom stereocenters. The van der Waals surface area contributed by atoms with E-state index in [0.717, 1.165) is 11.3 Å². The number of ether oxygens (including phenoxy) is 1. The Morgan fingerprint density at radius 2 is 2.04 bits per heavy atom. The topological polar surface area (TPSA) is 84.7 Å². The second-order valence-corrected chi connectivity index (χ2v) is 6.17. The van der Waals surface area contributed by atoms with Crippen LogP contribution in [0.3, 0.4) is 0 Å². The molecular formula is C18H21N3O4. The van der Waals surface area contributed by atoms with Gasteiger partial charge in [-0.25, -0.2) is 0 Å². The summed E-state index contributed by atoms with van der Waals surface area (Å²) in [6, 6.07) is 8.55. The maximum absolute atomic E-state index is 12.6. The van der Waals surface area contributed by atoms with Crippen LogP contribution < -0.4 is 4.74 Å². The van der Waals surface area contributed by atoms with Crippen molar-refractivity contribution in [1.29, 1.82) is 0 Å². The van der Waals surface area contributed by atoms with Gasteiger partial charge in [-0.3, -0.25) is 14.3 Å². The molecule has 7 heteroatoms. The van der Waals surface area contributed by atoms with Crippen molar-refractivity contribution in [3.63, 3.8) is 0 Å². The molecule has 132 valence electrons. The first kappa shape index (κ1) is 17.0. The van der Waals surface area contributed by atoms with Gasteiger partial charge in [-0.05, 0) is 30.2 Å². The third-order valence-corrected chi connectivity index (χ3v) is 4.74. The fourth-order valence-corrected chi connectivity index (χ4v) is 3.34. The van der Waals surface area contributed by atoms with Crippen LogP contribution in [0.1, 0.15) is 30.1 Å². The molecule has 1 amide bonds. The van der Waals surface area contributed by atoms with Gasteiger partial charge in [0.05, 0.1) is 31.3 Å². The maximum atomic E-state index is 12.6. The van der Waals surface area contributed by atoms with E-state index in [1.165, 1.54) is 0 Å². The number of methoxy groups -OCH3 is 1. The predicted molar refractivity (Wildman–Crippen MR) is 89.9 cm³/mol. The van der Waals surface area contributed by atoms with Crippen molar-refractivity contribution in [3.8, 4) is 5.75 Å². The van der Waals surface area contributed by atoms with Gasteiger partial charge in [0.2, 0.25) is 5.91 Å². The second kappa shape index (κ2) is 6.96. The van der Waals surface area contributed by atoms with Gasteiger partial charge in [-0.1, -0.05) is 12.1 Å². The van der Waals surface area contributed by atoms with Gasteiger partial charge in [0.25, 0.3) is 0 Å². The van der Waals surface area contributed by atoms with Gasteiger partial charge in [-0.2, -0.15) is 5.10 Å². The number of amides is 1. The zero-order valence-electron chi connectivity index (χ0n) is 14.3. The number of rotatable bonds is 5. The Morgan fingerprint density at radius 3 is 2.60 bits per heavy atom. The lowest BCUT2D eigenvalue weighted by molar-refractivity contribution is -0.152. The summed E-state index contributed by atoms with van der Waals surface area (Å²) in [6.45, 7) is 0.329. The van der Waals surface area contributed by atoms with E-state index in [4.69, 9.17) is 4.74 Å². The fraction of sp³-hybridized carbons (Fsp3) is 0.389. The Kier molecular flexibility index (Phi) is 4.74. The third-order valence-electron chi connectivity index (χ3n) is 4.74. The quantitative estimate of drug-likeness (QED) is 0.897. The van der Waals surface area contributed by atoms with Gasteiger partial charge in [0.1, 0.15) is 5.75 Å². The Hall–Kier alpha value is -2.83. The number of nitrogens with zero attached hydrogens (tertiary/aromatic N) is 3. The summed E-state index contributed by atoms with van der Waals surface area (Å²) < 4.78 is 6.87. The van der Waals surface area contributed by atoms with Gasteiger partial charge < -0.3 is 14.7 Å². The molecule has 7 nitrogen and oxygen atoms in total. The minimum absolute atomic E-state index is 0.0421. The molecule has 0 bridgehead atoms. The number of carbonyl (C=O) groups is 2. The smallest absolute Gasteiger partial charge is 0.308 e. The minimum atomic E-state index is -0.886. The van der Waals surface area contributed by atoms with Crippen LogP contribution in [-0.4, -0.2) is 38.8 Å². The van der Waals surface area contributed by atoms with Crippen LogP contribution in [0.2, 0.25) is 0 Å². The average molecular weight is 343 g/mol. The standard InChI is InChI=1S/C18H21N3O4/c1-20-13(9-10-19-20)11-21-16(22)8-7-15(18(23)24)17(21)12-3-5-14(25-2)6-4-12/h3-6,9-10,15,17H,7-8,11H2,1-2H3,(H,23,24)/t15-,17+/m1/s1. The molecule has 0 spiro atoms. The molecule has 1 aliphatic heterocycles. The second-order valence-electron chi connectivity index (χ2n) is 6.17. The summed E-state index contributed by atoms with van der Waals surface area (Å²) in [7, 11) is 3.38. The van der Waals surface area contributed by atoms with Crippen LogP contribution in [0.25, 0.3) is 0 Å². The van der Waals surface area contributed by atoms with E-state index < -0.39 is 17.9 Å². The molecule has 1 aliphatic rings. The zero-order chi connectivity index (χ0) is 18.0. The Morgan fingerprint density at radius 1 is 1.32 bits per heavy atom. The maximum Gasteiger partial charge on any atom is 0.308 e. The Bertz CT molecular complexity index is 769. The monoisotopic (exact) mass is 343 g/mol.